The van der Waals surface area contributed by atoms with Crippen molar-refractivity contribution in [1.29, 1.82) is 0 Å². The number of hydrogen-bond acceptors (Lipinski definition) is 1. The van der Waals surface area contributed by atoms with Gasteiger partial charge in [0.25, 0.3) is 0 Å². The lowest BCUT2D eigenvalue weighted by Gasteiger charge is -2.20. The number of halogens is 3. The Morgan fingerprint density at radius 1 is 1.31 bits per heavy atom. The van der Waals surface area contributed by atoms with Gasteiger partial charge in [-0.3, -0.25) is 0 Å². The van der Waals surface area contributed by atoms with Crippen LogP contribution in [0.1, 0.15) is 37.3 Å². The summed E-state index contributed by atoms with van der Waals surface area (Å²) in [5.74, 6) is 0.344. The molecule has 16 heavy (non-hydrogen) atoms. The predicted molar refractivity (Wildman–Crippen MR) is 70.2 cm³/mol. The highest BCUT2D eigenvalue weighted by molar-refractivity contribution is 9.10. The maximum atomic E-state index is 12.9. The molecule has 0 unspecified atom stereocenters. The van der Waals surface area contributed by atoms with Gasteiger partial charge in [-0.25, -0.2) is 4.39 Å². The zero-order valence-corrected chi connectivity index (χ0v) is 11.4. The van der Waals surface area contributed by atoms with Crippen molar-refractivity contribution in [3.05, 3.63) is 34.1 Å². The molecule has 1 aliphatic carbocycles. The molecule has 4 heteroatoms. The zero-order chi connectivity index (χ0) is 10.8. The SMILES string of the molecule is Cl.N[C@H](c1ccc(F)cc1Br)C1CCCC1. The van der Waals surface area contributed by atoms with Crippen molar-refractivity contribution in [2.45, 2.75) is 31.7 Å². The van der Waals surface area contributed by atoms with Crippen LogP contribution in [0.5, 0.6) is 0 Å². The molecule has 1 fully saturated rings. The lowest BCUT2D eigenvalue weighted by molar-refractivity contribution is 0.443. The highest BCUT2D eigenvalue weighted by Gasteiger charge is 2.24. The summed E-state index contributed by atoms with van der Waals surface area (Å²) in [4.78, 5) is 0. The minimum absolute atomic E-state index is 0. The molecule has 1 nitrogen and oxygen atoms in total. The van der Waals surface area contributed by atoms with Crippen molar-refractivity contribution in [3.63, 3.8) is 0 Å². The molecule has 0 radical (unpaired) electrons. The van der Waals surface area contributed by atoms with E-state index in [1.165, 1.54) is 37.8 Å². The molecule has 2 rings (SSSR count). The minimum Gasteiger partial charge on any atom is -0.324 e. The standard InChI is InChI=1S/C12H15BrFN.ClH/c13-11-7-9(14)5-6-10(11)12(15)8-3-1-2-4-8;/h5-8,12H,1-4,15H2;1H/t12-;/m0./s1. The summed E-state index contributed by atoms with van der Waals surface area (Å²) in [6.45, 7) is 0. The smallest absolute Gasteiger partial charge is 0.124 e. The fourth-order valence-electron chi connectivity index (χ4n) is 2.34. The number of hydrogen-bond donors (Lipinski definition) is 1. The molecule has 0 bridgehead atoms. The van der Waals surface area contributed by atoms with Crippen molar-refractivity contribution < 1.29 is 4.39 Å². The van der Waals surface area contributed by atoms with Gasteiger partial charge in [-0.05, 0) is 36.5 Å². The van der Waals surface area contributed by atoms with Gasteiger partial charge < -0.3 is 5.73 Å². The summed E-state index contributed by atoms with van der Waals surface area (Å²) >= 11 is 3.37. The average Bonchev–Trinajstić information content (AvgIpc) is 2.69. The van der Waals surface area contributed by atoms with Crippen molar-refractivity contribution in [2.24, 2.45) is 11.7 Å². The maximum Gasteiger partial charge on any atom is 0.124 e. The molecule has 90 valence electrons. The molecule has 0 amide bonds. The summed E-state index contributed by atoms with van der Waals surface area (Å²) in [5.41, 5.74) is 7.23. The van der Waals surface area contributed by atoms with Crippen molar-refractivity contribution in [3.8, 4) is 0 Å². The average molecular weight is 309 g/mol. The summed E-state index contributed by atoms with van der Waals surface area (Å²) in [6, 6.07) is 4.81. The van der Waals surface area contributed by atoms with Crippen molar-refractivity contribution >= 4 is 28.3 Å². The van der Waals surface area contributed by atoms with E-state index in [0.29, 0.717) is 5.92 Å². The van der Waals surface area contributed by atoms with Crippen LogP contribution in [0.15, 0.2) is 22.7 Å². The van der Waals surface area contributed by atoms with Crippen molar-refractivity contribution in [1.82, 2.24) is 0 Å². The van der Waals surface area contributed by atoms with E-state index in [9.17, 15) is 4.39 Å². The summed E-state index contributed by atoms with van der Waals surface area (Å²) in [5, 5.41) is 0. The van der Waals surface area contributed by atoms with Gasteiger partial charge in [0, 0.05) is 10.5 Å². The van der Waals surface area contributed by atoms with E-state index in [-0.39, 0.29) is 24.3 Å². The zero-order valence-electron chi connectivity index (χ0n) is 8.96. The minimum atomic E-state index is -0.218. The second-order valence-electron chi connectivity index (χ2n) is 4.24. The molecular weight excluding hydrogens is 292 g/mol. The Balaban J connectivity index is 0.00000128. The van der Waals surface area contributed by atoms with Gasteiger partial charge in [-0.1, -0.05) is 34.8 Å². The monoisotopic (exact) mass is 307 g/mol. The molecule has 1 aliphatic rings. The molecule has 0 saturated heterocycles. The van der Waals surface area contributed by atoms with Crippen LogP contribution in [0.3, 0.4) is 0 Å². The van der Waals surface area contributed by atoms with E-state index in [4.69, 9.17) is 5.73 Å². The van der Waals surface area contributed by atoms with Gasteiger partial charge in [0.2, 0.25) is 0 Å². The van der Waals surface area contributed by atoms with Gasteiger partial charge in [0.15, 0.2) is 0 Å². The topological polar surface area (TPSA) is 26.0 Å². The van der Waals surface area contributed by atoms with Crippen LogP contribution in [-0.4, -0.2) is 0 Å². The first-order valence-corrected chi connectivity index (χ1v) is 6.18. The van der Waals surface area contributed by atoms with E-state index in [0.717, 1.165) is 10.0 Å². The Hall–Kier alpha value is -0.120. The summed E-state index contributed by atoms with van der Waals surface area (Å²) in [7, 11) is 0. The Morgan fingerprint density at radius 2 is 1.94 bits per heavy atom. The molecule has 0 aliphatic heterocycles. The predicted octanol–water partition coefficient (Wildman–Crippen LogP) is 4.20. The molecule has 1 saturated carbocycles. The normalized spacial score (nSPS) is 18.2. The first-order valence-electron chi connectivity index (χ1n) is 5.39. The van der Waals surface area contributed by atoms with E-state index in [1.807, 2.05) is 0 Å². The number of benzene rings is 1. The van der Waals surface area contributed by atoms with E-state index in [2.05, 4.69) is 15.9 Å². The van der Waals surface area contributed by atoms with Crippen LogP contribution in [0.4, 0.5) is 4.39 Å². The van der Waals surface area contributed by atoms with Gasteiger partial charge in [0.1, 0.15) is 5.82 Å². The first-order chi connectivity index (χ1) is 7.18. The highest BCUT2D eigenvalue weighted by atomic mass is 79.9. The molecule has 2 N–H and O–H groups in total. The molecule has 0 aromatic heterocycles. The molecule has 1 aromatic carbocycles. The van der Waals surface area contributed by atoms with Gasteiger partial charge in [-0.2, -0.15) is 0 Å². The Morgan fingerprint density at radius 3 is 2.50 bits per heavy atom. The maximum absolute atomic E-state index is 12.9. The van der Waals surface area contributed by atoms with Crippen molar-refractivity contribution in [2.75, 3.05) is 0 Å². The third kappa shape index (κ3) is 2.96. The van der Waals surface area contributed by atoms with Crippen LogP contribution in [-0.2, 0) is 0 Å². The highest BCUT2D eigenvalue weighted by Crippen LogP contribution is 2.36. The Labute approximate surface area is 110 Å². The summed E-state index contributed by atoms with van der Waals surface area (Å²) < 4.78 is 13.7. The van der Waals surface area contributed by atoms with Gasteiger partial charge in [0.05, 0.1) is 0 Å². The van der Waals surface area contributed by atoms with Crippen LogP contribution < -0.4 is 5.73 Å². The lowest BCUT2D eigenvalue weighted by Crippen LogP contribution is -2.19. The quantitative estimate of drug-likeness (QED) is 0.870. The van der Waals surface area contributed by atoms with E-state index < -0.39 is 0 Å². The van der Waals surface area contributed by atoms with Crippen LogP contribution in [0.2, 0.25) is 0 Å². The third-order valence-corrected chi connectivity index (χ3v) is 3.92. The number of rotatable bonds is 2. The van der Waals surface area contributed by atoms with Crippen LogP contribution in [0.25, 0.3) is 0 Å². The molecule has 1 aromatic rings. The van der Waals surface area contributed by atoms with Gasteiger partial charge >= 0.3 is 0 Å². The first kappa shape index (κ1) is 13.9. The van der Waals surface area contributed by atoms with E-state index >= 15 is 0 Å². The van der Waals surface area contributed by atoms with E-state index in [1.54, 1.807) is 6.07 Å². The Bertz CT molecular complexity index is 353. The van der Waals surface area contributed by atoms with Crippen LogP contribution >= 0.6 is 28.3 Å². The fraction of sp³-hybridized carbons (Fsp3) is 0.500. The largest absolute Gasteiger partial charge is 0.324 e. The fourth-order valence-corrected chi connectivity index (χ4v) is 2.96. The lowest BCUT2D eigenvalue weighted by atomic mass is 9.92. The second kappa shape index (κ2) is 5.99. The molecular formula is C12H16BrClFN. The molecule has 1 atom stereocenters. The second-order valence-corrected chi connectivity index (χ2v) is 5.09. The molecule has 0 spiro atoms. The third-order valence-electron chi connectivity index (χ3n) is 3.23. The van der Waals surface area contributed by atoms with Gasteiger partial charge in [-0.15, -0.1) is 12.4 Å². The Kier molecular flexibility index (Phi) is 5.22. The summed E-state index contributed by atoms with van der Waals surface area (Å²) in [6.07, 6.45) is 4.95. The number of nitrogens with two attached hydrogens (primary N) is 1. The van der Waals surface area contributed by atoms with Crippen LogP contribution in [0, 0.1) is 11.7 Å². The molecule has 0 heterocycles.